The molecule has 0 aliphatic rings. The Balaban J connectivity index is 2.54. The molecule has 1 aromatic heterocycles. The first-order valence-electron chi connectivity index (χ1n) is 6.49. The second kappa shape index (κ2) is 5.69. The van der Waals surface area contributed by atoms with Crippen LogP contribution in [0.1, 0.15) is 42.4 Å². The summed E-state index contributed by atoms with van der Waals surface area (Å²) in [4.78, 5) is 15.2. The number of pyridine rings is 1. The van der Waals surface area contributed by atoms with Gasteiger partial charge in [-0.2, -0.15) is 0 Å². The van der Waals surface area contributed by atoms with Gasteiger partial charge in [-0.05, 0) is 12.8 Å². The van der Waals surface area contributed by atoms with E-state index < -0.39 is 5.97 Å². The molecule has 0 atom stereocenters. The molecular weight excluding hydrogens is 242 g/mol. The molecule has 0 radical (unpaired) electrons. The lowest BCUT2D eigenvalue weighted by Crippen LogP contribution is -2.05. The normalized spacial score (nSPS) is 10.8. The Bertz CT molecular complexity index is 608. The highest BCUT2D eigenvalue weighted by molar-refractivity contribution is 5.99. The first kappa shape index (κ1) is 13.3. The summed E-state index contributed by atoms with van der Waals surface area (Å²) in [7, 11) is 0. The number of carboxylic acid groups (broad SMARTS) is 1. The zero-order valence-electron chi connectivity index (χ0n) is 10.9. The molecule has 0 spiro atoms. The lowest BCUT2D eigenvalue weighted by atomic mass is 10.0. The smallest absolute Gasteiger partial charge is 0.358 e. The Kier molecular flexibility index (Phi) is 4.00. The topological polar surface area (TPSA) is 70.4 Å². The molecule has 19 heavy (non-hydrogen) atoms. The van der Waals surface area contributed by atoms with E-state index in [0.717, 1.165) is 36.8 Å². The van der Waals surface area contributed by atoms with E-state index in [-0.39, 0.29) is 11.4 Å². The Morgan fingerprint density at radius 1 is 1.21 bits per heavy atom. The van der Waals surface area contributed by atoms with Gasteiger partial charge in [0, 0.05) is 16.5 Å². The third kappa shape index (κ3) is 2.67. The minimum atomic E-state index is -1.19. The Morgan fingerprint density at radius 2 is 1.89 bits per heavy atom. The fourth-order valence-electron chi connectivity index (χ4n) is 2.20. The maximum atomic E-state index is 11.1. The van der Waals surface area contributed by atoms with Crippen molar-refractivity contribution in [3.8, 4) is 5.75 Å². The van der Waals surface area contributed by atoms with Gasteiger partial charge in [0.1, 0.15) is 0 Å². The molecular formula is C15H17NO3. The number of fused-ring (bicyclic) bond motifs is 1. The average molecular weight is 259 g/mol. The van der Waals surface area contributed by atoms with Crippen molar-refractivity contribution in [3.05, 3.63) is 35.7 Å². The van der Waals surface area contributed by atoms with Gasteiger partial charge in [0.05, 0.1) is 0 Å². The number of aryl methyl sites for hydroxylation is 1. The zero-order valence-corrected chi connectivity index (χ0v) is 10.9. The van der Waals surface area contributed by atoms with Crippen LogP contribution in [0.4, 0.5) is 0 Å². The van der Waals surface area contributed by atoms with E-state index in [1.807, 2.05) is 12.1 Å². The van der Waals surface area contributed by atoms with Crippen molar-refractivity contribution in [2.75, 3.05) is 0 Å². The van der Waals surface area contributed by atoms with Crippen LogP contribution in [0.3, 0.4) is 0 Å². The van der Waals surface area contributed by atoms with Crippen LogP contribution in [0, 0.1) is 0 Å². The van der Waals surface area contributed by atoms with Crippen molar-refractivity contribution >= 4 is 16.7 Å². The predicted molar refractivity (Wildman–Crippen MR) is 73.6 cm³/mol. The molecule has 2 aromatic rings. The van der Waals surface area contributed by atoms with Crippen LogP contribution < -0.4 is 0 Å². The van der Waals surface area contributed by atoms with Gasteiger partial charge < -0.3 is 10.2 Å². The molecule has 0 saturated heterocycles. The second-order valence-electron chi connectivity index (χ2n) is 4.56. The molecule has 2 rings (SSSR count). The molecule has 4 nitrogen and oxygen atoms in total. The highest BCUT2D eigenvalue weighted by Gasteiger charge is 2.17. The van der Waals surface area contributed by atoms with Gasteiger partial charge in [0.25, 0.3) is 0 Å². The van der Waals surface area contributed by atoms with Crippen LogP contribution in [-0.2, 0) is 6.42 Å². The highest BCUT2D eigenvalue weighted by atomic mass is 16.4. The summed E-state index contributed by atoms with van der Waals surface area (Å²) in [6, 6.07) is 7.24. The zero-order chi connectivity index (χ0) is 13.8. The SMILES string of the molecule is CCCCCc1nc(C(=O)O)c(O)c2ccccc12. The first-order valence-corrected chi connectivity index (χ1v) is 6.49. The van der Waals surface area contributed by atoms with E-state index in [9.17, 15) is 9.90 Å². The molecule has 0 fully saturated rings. The van der Waals surface area contributed by atoms with Crippen molar-refractivity contribution in [2.45, 2.75) is 32.6 Å². The van der Waals surface area contributed by atoms with Crippen LogP contribution >= 0.6 is 0 Å². The second-order valence-corrected chi connectivity index (χ2v) is 4.56. The van der Waals surface area contributed by atoms with E-state index in [1.165, 1.54) is 0 Å². The number of carboxylic acids is 1. The molecule has 0 saturated carbocycles. The number of aromatic nitrogens is 1. The summed E-state index contributed by atoms with van der Waals surface area (Å²) < 4.78 is 0. The Labute approximate surface area is 111 Å². The summed E-state index contributed by atoms with van der Waals surface area (Å²) >= 11 is 0. The molecule has 100 valence electrons. The summed E-state index contributed by atoms with van der Waals surface area (Å²) in [6.45, 7) is 2.12. The molecule has 0 bridgehead atoms. The van der Waals surface area contributed by atoms with Crippen LogP contribution in [0.5, 0.6) is 5.75 Å². The maximum Gasteiger partial charge on any atom is 0.358 e. The number of unbranched alkanes of at least 4 members (excludes halogenated alkanes) is 2. The number of aromatic carboxylic acids is 1. The monoisotopic (exact) mass is 259 g/mol. The van der Waals surface area contributed by atoms with Crippen molar-refractivity contribution in [1.82, 2.24) is 4.98 Å². The highest BCUT2D eigenvalue weighted by Crippen LogP contribution is 2.30. The maximum absolute atomic E-state index is 11.1. The van der Waals surface area contributed by atoms with Gasteiger partial charge in [-0.3, -0.25) is 0 Å². The van der Waals surface area contributed by atoms with Crippen molar-refractivity contribution in [3.63, 3.8) is 0 Å². The number of hydrogen-bond acceptors (Lipinski definition) is 3. The largest absolute Gasteiger partial charge is 0.505 e. The minimum Gasteiger partial charge on any atom is -0.505 e. The van der Waals surface area contributed by atoms with Crippen LogP contribution in [0.15, 0.2) is 24.3 Å². The van der Waals surface area contributed by atoms with E-state index in [2.05, 4.69) is 11.9 Å². The lowest BCUT2D eigenvalue weighted by Gasteiger charge is -2.09. The van der Waals surface area contributed by atoms with Crippen LogP contribution in [-0.4, -0.2) is 21.2 Å². The van der Waals surface area contributed by atoms with Gasteiger partial charge in [0.15, 0.2) is 11.4 Å². The van der Waals surface area contributed by atoms with E-state index in [1.54, 1.807) is 12.1 Å². The van der Waals surface area contributed by atoms with Crippen molar-refractivity contribution < 1.29 is 15.0 Å². The van der Waals surface area contributed by atoms with Gasteiger partial charge in [-0.15, -0.1) is 0 Å². The standard InChI is InChI=1S/C15H17NO3/c1-2-3-4-9-12-10-7-5-6-8-11(10)14(17)13(16-12)15(18)19/h5-8,17H,2-4,9H2,1H3,(H,18,19). The molecule has 4 heteroatoms. The molecule has 0 unspecified atom stereocenters. The molecule has 0 amide bonds. The lowest BCUT2D eigenvalue weighted by molar-refractivity contribution is 0.0687. The molecule has 0 aliphatic heterocycles. The third-order valence-electron chi connectivity index (χ3n) is 3.18. The quantitative estimate of drug-likeness (QED) is 0.807. The fraction of sp³-hybridized carbons (Fsp3) is 0.333. The van der Waals surface area contributed by atoms with Crippen molar-refractivity contribution in [2.24, 2.45) is 0 Å². The average Bonchev–Trinajstić information content (AvgIpc) is 2.41. The summed E-state index contributed by atoms with van der Waals surface area (Å²) in [5, 5.41) is 20.5. The predicted octanol–water partition coefficient (Wildman–Crippen LogP) is 3.37. The molecule has 1 aromatic carbocycles. The first-order chi connectivity index (χ1) is 9.15. The van der Waals surface area contributed by atoms with Crippen LogP contribution in [0.25, 0.3) is 10.8 Å². The van der Waals surface area contributed by atoms with Gasteiger partial charge in [-0.1, -0.05) is 44.0 Å². The minimum absolute atomic E-state index is 0.248. The number of hydrogen-bond donors (Lipinski definition) is 2. The van der Waals surface area contributed by atoms with E-state index in [0.29, 0.717) is 5.39 Å². The molecule has 0 aliphatic carbocycles. The van der Waals surface area contributed by atoms with Crippen molar-refractivity contribution in [1.29, 1.82) is 0 Å². The Morgan fingerprint density at radius 3 is 2.53 bits per heavy atom. The number of nitrogens with zero attached hydrogens (tertiary/aromatic N) is 1. The van der Waals surface area contributed by atoms with Crippen LogP contribution in [0.2, 0.25) is 0 Å². The molecule has 2 N–H and O–H groups in total. The number of benzene rings is 1. The third-order valence-corrected chi connectivity index (χ3v) is 3.18. The fourth-order valence-corrected chi connectivity index (χ4v) is 2.20. The Hall–Kier alpha value is -2.10. The van der Waals surface area contributed by atoms with Gasteiger partial charge in [-0.25, -0.2) is 9.78 Å². The summed E-state index contributed by atoms with van der Waals surface area (Å²) in [5.74, 6) is -1.44. The molecule has 1 heterocycles. The van der Waals surface area contributed by atoms with E-state index >= 15 is 0 Å². The summed E-state index contributed by atoms with van der Waals surface area (Å²) in [6.07, 6.45) is 3.88. The van der Waals surface area contributed by atoms with Gasteiger partial charge >= 0.3 is 5.97 Å². The number of rotatable bonds is 5. The summed E-state index contributed by atoms with van der Waals surface area (Å²) in [5.41, 5.74) is 0.490. The van der Waals surface area contributed by atoms with Gasteiger partial charge in [0.2, 0.25) is 0 Å². The number of aromatic hydroxyl groups is 1. The number of carbonyl (C=O) groups is 1. The van der Waals surface area contributed by atoms with E-state index in [4.69, 9.17) is 5.11 Å².